The van der Waals surface area contributed by atoms with Crippen LogP contribution in [0.2, 0.25) is 0 Å². The first-order valence-electron chi connectivity index (χ1n) is 10.7. The second-order valence-corrected chi connectivity index (χ2v) is 8.23. The Kier molecular flexibility index (Phi) is 5.93. The van der Waals surface area contributed by atoms with Crippen LogP contribution in [0.15, 0.2) is 54.4 Å². The minimum atomic E-state index is -0.217. The molecule has 1 saturated heterocycles. The lowest BCUT2D eigenvalue weighted by Gasteiger charge is -2.37. The summed E-state index contributed by atoms with van der Waals surface area (Å²) in [7, 11) is 1.61. The molecule has 7 heteroatoms. The van der Waals surface area contributed by atoms with Crippen LogP contribution in [0.3, 0.4) is 0 Å². The Hall–Kier alpha value is -3.35. The van der Waals surface area contributed by atoms with Gasteiger partial charge in [0.1, 0.15) is 17.3 Å². The van der Waals surface area contributed by atoms with Crippen molar-refractivity contribution in [3.05, 3.63) is 59.9 Å². The summed E-state index contributed by atoms with van der Waals surface area (Å²) in [6.07, 6.45) is 1.79. The maximum absolute atomic E-state index is 13.4. The molecular formula is C24H28N4O3. The molecule has 7 nitrogen and oxygen atoms in total. The fourth-order valence-electron chi connectivity index (χ4n) is 4.11. The number of nitrogens with zero attached hydrogens (tertiary/aromatic N) is 4. The van der Waals surface area contributed by atoms with Gasteiger partial charge in [0.05, 0.1) is 12.7 Å². The Bertz CT molecular complexity index is 978. The van der Waals surface area contributed by atoms with E-state index in [2.05, 4.69) is 14.8 Å². The molecule has 31 heavy (non-hydrogen) atoms. The van der Waals surface area contributed by atoms with Crippen LogP contribution in [0.5, 0.6) is 5.75 Å². The minimum Gasteiger partial charge on any atom is -0.497 e. The number of carbonyl (C=O) groups is 2. The number of rotatable bonds is 6. The van der Waals surface area contributed by atoms with Crippen LogP contribution >= 0.6 is 0 Å². The molecule has 2 aliphatic rings. The quantitative estimate of drug-likeness (QED) is 0.670. The van der Waals surface area contributed by atoms with Gasteiger partial charge in [-0.05, 0) is 35.7 Å². The minimum absolute atomic E-state index is 0.198. The van der Waals surface area contributed by atoms with E-state index in [1.54, 1.807) is 13.3 Å². The lowest BCUT2D eigenvalue weighted by atomic mass is 10.0. The lowest BCUT2D eigenvalue weighted by molar-refractivity contribution is -0.138. The Morgan fingerprint density at radius 2 is 1.61 bits per heavy atom. The van der Waals surface area contributed by atoms with Crippen LogP contribution in [-0.2, 0) is 9.59 Å². The molecule has 0 atom stereocenters. The maximum Gasteiger partial charge on any atom is 0.277 e. The number of imide groups is 1. The Balaban J connectivity index is 1.64. The molecule has 4 rings (SSSR count). The fourth-order valence-corrected chi connectivity index (χ4v) is 4.11. The Labute approximate surface area is 182 Å². The van der Waals surface area contributed by atoms with Gasteiger partial charge in [-0.3, -0.25) is 14.5 Å². The summed E-state index contributed by atoms with van der Waals surface area (Å²) in [6.45, 7) is 7.22. The highest BCUT2D eigenvalue weighted by Gasteiger charge is 2.42. The fraction of sp³-hybridized carbons (Fsp3) is 0.375. The van der Waals surface area contributed by atoms with Crippen LogP contribution in [0.25, 0.3) is 5.57 Å². The van der Waals surface area contributed by atoms with Crippen molar-refractivity contribution in [3.8, 4) is 5.75 Å². The molecular weight excluding hydrogens is 392 g/mol. The molecule has 0 bridgehead atoms. The normalized spacial score (nSPS) is 17.2. The van der Waals surface area contributed by atoms with Gasteiger partial charge in [-0.15, -0.1) is 0 Å². The van der Waals surface area contributed by atoms with Crippen molar-refractivity contribution in [1.82, 2.24) is 14.8 Å². The summed E-state index contributed by atoms with van der Waals surface area (Å²) in [5.41, 5.74) is 1.74. The van der Waals surface area contributed by atoms with Crippen molar-refractivity contribution in [2.45, 2.75) is 13.8 Å². The molecule has 0 saturated carbocycles. The number of amides is 2. The number of piperazine rings is 1. The third-order valence-corrected chi connectivity index (χ3v) is 5.64. The molecule has 1 fully saturated rings. The summed E-state index contributed by atoms with van der Waals surface area (Å²) in [6, 6.07) is 13.2. The number of ether oxygens (including phenoxy) is 1. The third-order valence-electron chi connectivity index (χ3n) is 5.64. The second-order valence-electron chi connectivity index (χ2n) is 8.23. The van der Waals surface area contributed by atoms with Gasteiger partial charge >= 0.3 is 0 Å². The monoisotopic (exact) mass is 420 g/mol. The molecule has 1 aromatic carbocycles. The van der Waals surface area contributed by atoms with E-state index in [4.69, 9.17) is 4.74 Å². The lowest BCUT2D eigenvalue weighted by Crippen LogP contribution is -2.48. The topological polar surface area (TPSA) is 66.0 Å². The Morgan fingerprint density at radius 3 is 2.19 bits per heavy atom. The van der Waals surface area contributed by atoms with Gasteiger partial charge in [0.2, 0.25) is 0 Å². The number of carbonyl (C=O) groups excluding carboxylic acids is 2. The van der Waals surface area contributed by atoms with E-state index in [1.807, 2.05) is 56.3 Å². The van der Waals surface area contributed by atoms with E-state index in [0.29, 0.717) is 36.7 Å². The van der Waals surface area contributed by atoms with Gasteiger partial charge in [-0.1, -0.05) is 32.0 Å². The first kappa shape index (κ1) is 20.9. The molecule has 0 radical (unpaired) electrons. The van der Waals surface area contributed by atoms with Crippen LogP contribution in [0, 0.1) is 5.92 Å². The van der Waals surface area contributed by atoms with Crippen LogP contribution in [0.4, 0.5) is 5.82 Å². The first-order chi connectivity index (χ1) is 15.0. The molecule has 0 N–H and O–H groups in total. The van der Waals surface area contributed by atoms with E-state index in [-0.39, 0.29) is 17.7 Å². The van der Waals surface area contributed by atoms with Gasteiger partial charge in [0, 0.05) is 38.9 Å². The van der Waals surface area contributed by atoms with Crippen molar-refractivity contribution in [1.29, 1.82) is 0 Å². The molecule has 1 aromatic heterocycles. The van der Waals surface area contributed by atoms with E-state index in [9.17, 15) is 9.59 Å². The molecule has 2 amide bonds. The summed E-state index contributed by atoms with van der Waals surface area (Å²) in [5, 5.41) is 0. The smallest absolute Gasteiger partial charge is 0.277 e. The molecule has 162 valence electrons. The Morgan fingerprint density at radius 1 is 0.935 bits per heavy atom. The average Bonchev–Trinajstić information content (AvgIpc) is 3.04. The van der Waals surface area contributed by atoms with Gasteiger partial charge in [0.25, 0.3) is 11.8 Å². The van der Waals surface area contributed by atoms with E-state index in [0.717, 1.165) is 24.5 Å². The van der Waals surface area contributed by atoms with Crippen LogP contribution in [0.1, 0.15) is 19.4 Å². The standard InChI is InChI=1S/C24H28N4O3/c1-17(2)16-28-23(29)21(18-7-9-19(31-3)10-8-18)22(24(28)30)27-14-12-26(13-15-27)20-6-4-5-11-25-20/h4-11,17H,12-16H2,1-3H3. The van der Waals surface area contributed by atoms with Gasteiger partial charge in [-0.25, -0.2) is 4.98 Å². The zero-order chi connectivity index (χ0) is 22.0. The van der Waals surface area contributed by atoms with Crippen molar-refractivity contribution in [2.24, 2.45) is 5.92 Å². The highest BCUT2D eigenvalue weighted by atomic mass is 16.5. The number of hydrogen-bond acceptors (Lipinski definition) is 6. The number of benzene rings is 1. The highest BCUT2D eigenvalue weighted by molar-refractivity contribution is 6.35. The molecule has 3 heterocycles. The van der Waals surface area contributed by atoms with E-state index >= 15 is 0 Å². The predicted octanol–water partition coefficient (Wildman–Crippen LogP) is 2.65. The zero-order valence-corrected chi connectivity index (χ0v) is 18.2. The van der Waals surface area contributed by atoms with Crippen molar-refractivity contribution >= 4 is 23.2 Å². The number of hydrogen-bond donors (Lipinski definition) is 0. The number of anilines is 1. The summed E-state index contributed by atoms with van der Waals surface area (Å²) >= 11 is 0. The largest absolute Gasteiger partial charge is 0.497 e. The van der Waals surface area contributed by atoms with E-state index in [1.165, 1.54) is 4.90 Å². The first-order valence-corrected chi connectivity index (χ1v) is 10.7. The number of pyridine rings is 1. The maximum atomic E-state index is 13.4. The average molecular weight is 421 g/mol. The van der Waals surface area contributed by atoms with Gasteiger partial charge in [-0.2, -0.15) is 0 Å². The van der Waals surface area contributed by atoms with Crippen LogP contribution in [-0.4, -0.2) is 66.4 Å². The SMILES string of the molecule is COc1ccc(C2=C(N3CCN(c4ccccn4)CC3)C(=O)N(CC(C)C)C2=O)cc1. The molecule has 2 aromatic rings. The second kappa shape index (κ2) is 8.79. The van der Waals surface area contributed by atoms with Crippen molar-refractivity contribution in [3.63, 3.8) is 0 Å². The zero-order valence-electron chi connectivity index (χ0n) is 18.2. The summed E-state index contributed by atoms with van der Waals surface area (Å²) < 4.78 is 5.25. The molecule has 2 aliphatic heterocycles. The molecule has 0 spiro atoms. The third kappa shape index (κ3) is 4.13. The highest BCUT2D eigenvalue weighted by Crippen LogP contribution is 2.33. The molecule has 0 unspecified atom stereocenters. The summed E-state index contributed by atoms with van der Waals surface area (Å²) in [5.74, 6) is 1.43. The van der Waals surface area contributed by atoms with E-state index < -0.39 is 0 Å². The number of aromatic nitrogens is 1. The van der Waals surface area contributed by atoms with Gasteiger partial charge < -0.3 is 14.5 Å². The van der Waals surface area contributed by atoms with Crippen LogP contribution < -0.4 is 9.64 Å². The van der Waals surface area contributed by atoms with Crippen molar-refractivity contribution < 1.29 is 14.3 Å². The predicted molar refractivity (Wildman–Crippen MR) is 119 cm³/mol. The van der Waals surface area contributed by atoms with Crippen molar-refractivity contribution in [2.75, 3.05) is 44.7 Å². The summed E-state index contributed by atoms with van der Waals surface area (Å²) in [4.78, 5) is 36.8. The van der Waals surface area contributed by atoms with Gasteiger partial charge in [0.15, 0.2) is 0 Å². The number of methoxy groups -OCH3 is 1. The molecule has 0 aliphatic carbocycles.